The molecule has 0 atom stereocenters. The van der Waals surface area contributed by atoms with Crippen LogP contribution in [0.25, 0.3) is 68.7 Å². The Bertz CT molecular complexity index is 4120. The van der Waals surface area contributed by atoms with Crippen molar-refractivity contribution in [3.8, 4) is 74.6 Å². The predicted octanol–water partition coefficient (Wildman–Crippen LogP) is 10.5. The van der Waals surface area contributed by atoms with Crippen LogP contribution in [0.15, 0.2) is 170 Å². The Morgan fingerprint density at radius 3 is 1.36 bits per heavy atom. The first-order chi connectivity index (χ1) is 38.9. The predicted molar refractivity (Wildman–Crippen MR) is 279 cm³/mol. The van der Waals surface area contributed by atoms with Crippen molar-refractivity contribution >= 4 is 23.4 Å². The van der Waals surface area contributed by atoms with Crippen LogP contribution in [-0.2, 0) is 19.6 Å². The summed E-state index contributed by atoms with van der Waals surface area (Å²) in [5, 5.41) is 24.8. The van der Waals surface area contributed by atoms with E-state index in [9.17, 15) is 26.7 Å². The van der Waals surface area contributed by atoms with E-state index in [0.29, 0.717) is 78.7 Å². The zero-order valence-corrected chi connectivity index (χ0v) is 43.0. The molecule has 0 spiro atoms. The van der Waals surface area contributed by atoms with E-state index in [1.807, 2.05) is 0 Å². The minimum Gasteiger partial charge on any atom is -0.479 e. The lowest BCUT2D eigenvalue weighted by Gasteiger charge is -2.06. The molecule has 0 amide bonds. The van der Waals surface area contributed by atoms with E-state index in [-0.39, 0.29) is 65.3 Å². The van der Waals surface area contributed by atoms with E-state index in [2.05, 4.69) is 60.7 Å². The van der Waals surface area contributed by atoms with Crippen LogP contribution >= 0.6 is 23.4 Å². The summed E-state index contributed by atoms with van der Waals surface area (Å²) in [5.41, 5.74) is 5.65. The van der Waals surface area contributed by atoms with E-state index in [1.54, 1.807) is 111 Å². The molecule has 0 fully saturated rings. The smallest absolute Gasteiger partial charge is 0.264 e. The highest BCUT2D eigenvalue weighted by molar-refractivity contribution is 7.98. The molecule has 12 rings (SSSR count). The molecule has 402 valence electrons. The van der Waals surface area contributed by atoms with Crippen molar-refractivity contribution in [3.05, 3.63) is 208 Å². The van der Waals surface area contributed by atoms with E-state index >= 15 is 0 Å². The minimum atomic E-state index is -0.724. The van der Waals surface area contributed by atoms with Gasteiger partial charge in [-0.25, -0.2) is 37.5 Å². The standard InChI is InChI=1S/C18H13F2N5O2.C18H14FN5O2S.C17H10ClF2N5O/c1-26-18-13(20)9-21-17(22-18)15-8-16(14-6-7-27-24-14)25(23-15)10-11-4-2-3-5-12(11)19;1-27-16-9-20-17(21-18(16)25)14-8-15(13-6-7-26-23-13)24(22-14)10-11-4-2-3-5-12(11)19;18-16-12(20)8-21-17(22-16)14-7-15(13-5-6-26-24-13)25(23-14)9-10-3-1-2-4-11(10)19/h2-9H,10H2,1H3;2-9H,10H2,1H3,(H,20,21,25);1-8H,9H2. The highest BCUT2D eigenvalue weighted by atomic mass is 35.5. The summed E-state index contributed by atoms with van der Waals surface area (Å²) in [6.07, 6.45) is 9.57. The second-order valence-corrected chi connectivity index (χ2v) is 17.9. The monoisotopic (exact) mass is 1130 g/mol. The maximum absolute atomic E-state index is 14.1. The number of nitrogens with zero attached hydrogens (tertiary/aromatic N) is 14. The van der Waals surface area contributed by atoms with E-state index < -0.39 is 11.6 Å². The van der Waals surface area contributed by atoms with Crippen LogP contribution in [0.2, 0.25) is 5.15 Å². The zero-order valence-electron chi connectivity index (χ0n) is 41.5. The second-order valence-electron chi connectivity index (χ2n) is 16.7. The molecule has 80 heavy (non-hydrogen) atoms. The molecule has 0 saturated carbocycles. The van der Waals surface area contributed by atoms with Crippen molar-refractivity contribution in [1.29, 1.82) is 0 Å². The summed E-state index contributed by atoms with van der Waals surface area (Å²) >= 11 is 7.04. The number of nitrogens with one attached hydrogen (secondary N) is 1. The summed E-state index contributed by atoms with van der Waals surface area (Å²) in [7, 11) is 1.31. The van der Waals surface area contributed by atoms with Crippen LogP contribution in [0, 0.1) is 29.1 Å². The van der Waals surface area contributed by atoms with E-state index in [4.69, 9.17) is 29.9 Å². The van der Waals surface area contributed by atoms with Crippen molar-refractivity contribution in [2.75, 3.05) is 13.4 Å². The Hall–Kier alpha value is -9.95. The van der Waals surface area contributed by atoms with Gasteiger partial charge in [-0.1, -0.05) is 81.7 Å². The normalized spacial score (nSPS) is 11.0. The number of hydrogen-bond donors (Lipinski definition) is 1. The fraction of sp³-hybridized carbons (Fsp3) is 0.0943. The van der Waals surface area contributed by atoms with Crippen LogP contribution in [-0.4, -0.2) is 88.1 Å². The molecule has 27 heteroatoms. The molecule has 9 aromatic heterocycles. The Morgan fingerprint density at radius 2 is 0.963 bits per heavy atom. The average Bonchev–Trinajstić information content (AvgIpc) is 4.37. The molecule has 20 nitrogen and oxygen atoms in total. The number of aromatic nitrogens is 15. The van der Waals surface area contributed by atoms with Gasteiger partial charge in [0, 0.05) is 41.1 Å². The van der Waals surface area contributed by atoms with E-state index in [1.165, 1.54) is 62.1 Å². The van der Waals surface area contributed by atoms with Gasteiger partial charge >= 0.3 is 0 Å². The average molecular weight is 1130 g/mol. The molecule has 3 aromatic carbocycles. The topological polar surface area (TPSA) is 238 Å². The number of methoxy groups -OCH3 is 1. The van der Waals surface area contributed by atoms with Gasteiger partial charge in [0.1, 0.15) is 70.4 Å². The molecule has 1 N–H and O–H groups in total. The second kappa shape index (κ2) is 24.2. The lowest BCUT2D eigenvalue weighted by atomic mass is 10.2. The summed E-state index contributed by atoms with van der Waals surface area (Å²) < 4.78 is 93.4. The van der Waals surface area contributed by atoms with Crippen LogP contribution < -0.4 is 10.3 Å². The minimum absolute atomic E-state index is 0.147. The van der Waals surface area contributed by atoms with Gasteiger partial charge in [-0.2, -0.15) is 24.7 Å². The number of benzene rings is 3. The van der Waals surface area contributed by atoms with E-state index in [0.717, 1.165) is 12.4 Å². The Balaban J connectivity index is 0.000000135. The largest absolute Gasteiger partial charge is 0.479 e. The number of hydrogen-bond acceptors (Lipinski definition) is 17. The molecule has 0 unspecified atom stereocenters. The third kappa shape index (κ3) is 12.1. The summed E-state index contributed by atoms with van der Waals surface area (Å²) in [6.45, 7) is 0.513. The van der Waals surface area contributed by atoms with Gasteiger partial charge in [0.2, 0.25) is 5.82 Å². The molecular weight excluding hydrogens is 1090 g/mol. The van der Waals surface area contributed by atoms with Crippen LogP contribution in [0.5, 0.6) is 5.88 Å². The molecule has 0 aliphatic carbocycles. The first-order valence-corrected chi connectivity index (χ1v) is 25.1. The number of aromatic amines is 1. The third-order valence-corrected chi connectivity index (χ3v) is 12.6. The molecule has 12 aromatic rings. The number of rotatable bonds is 14. The highest BCUT2D eigenvalue weighted by Crippen LogP contribution is 2.29. The van der Waals surface area contributed by atoms with Gasteiger partial charge < -0.3 is 23.3 Å². The SMILES string of the molecule is COc1nc(-c2cc(-c3ccon3)n(Cc3ccccc3F)n2)ncc1F.CSc1cnc(-c2cc(-c3ccon3)n(Cc3ccccc3F)n2)[nH]c1=O.Fc1ccccc1Cn1nc(-c2ncc(F)c(Cl)n2)cc1-c1ccon1. The number of thioether (sulfide) groups is 1. The highest BCUT2D eigenvalue weighted by Gasteiger charge is 2.21. The van der Waals surface area contributed by atoms with Gasteiger partial charge in [0.05, 0.1) is 61.1 Å². The zero-order chi connectivity index (χ0) is 55.7. The van der Waals surface area contributed by atoms with Crippen molar-refractivity contribution in [3.63, 3.8) is 0 Å². The Labute approximate surface area is 456 Å². The Kier molecular flexibility index (Phi) is 16.1. The molecule has 0 saturated heterocycles. The van der Waals surface area contributed by atoms with Crippen LogP contribution in [0.3, 0.4) is 0 Å². The number of H-pyrrole nitrogens is 1. The first-order valence-electron chi connectivity index (χ1n) is 23.5. The van der Waals surface area contributed by atoms with Gasteiger partial charge in [0.15, 0.2) is 28.4 Å². The van der Waals surface area contributed by atoms with Gasteiger partial charge in [-0.3, -0.25) is 18.8 Å². The number of halogens is 6. The summed E-state index contributed by atoms with van der Waals surface area (Å²) in [6, 6.07) is 29.3. The lowest BCUT2D eigenvalue weighted by Crippen LogP contribution is -2.11. The quantitative estimate of drug-likeness (QED) is 0.0605. The van der Waals surface area contributed by atoms with Gasteiger partial charge in [0.25, 0.3) is 11.4 Å². The fourth-order valence-corrected chi connectivity index (χ4v) is 8.23. The molecular formula is C53H37ClF5N15O5S. The number of ether oxygens (including phenoxy) is 1. The Morgan fingerprint density at radius 1 is 0.537 bits per heavy atom. The molecule has 0 radical (unpaired) electrons. The molecule has 0 aliphatic heterocycles. The third-order valence-electron chi connectivity index (χ3n) is 11.6. The van der Waals surface area contributed by atoms with Crippen molar-refractivity contribution in [2.24, 2.45) is 0 Å². The maximum Gasteiger partial charge on any atom is 0.264 e. The van der Waals surface area contributed by atoms with Crippen molar-refractivity contribution < 1.29 is 40.3 Å². The van der Waals surface area contributed by atoms with Crippen molar-refractivity contribution in [1.82, 2.24) is 74.7 Å². The van der Waals surface area contributed by atoms with Crippen LogP contribution in [0.4, 0.5) is 22.0 Å². The lowest BCUT2D eigenvalue weighted by molar-refractivity contribution is 0.367. The molecule has 0 aliphatic rings. The van der Waals surface area contributed by atoms with Gasteiger partial charge in [-0.15, -0.1) is 11.8 Å². The molecule has 9 heterocycles. The summed E-state index contributed by atoms with van der Waals surface area (Å²) in [4.78, 5) is 35.4. The first kappa shape index (κ1) is 53.4. The summed E-state index contributed by atoms with van der Waals surface area (Å²) in [5.74, 6) is -1.96. The fourth-order valence-electron chi connectivity index (χ4n) is 7.71. The maximum atomic E-state index is 14.1. The van der Waals surface area contributed by atoms with Gasteiger partial charge in [-0.05, 0) is 42.7 Å². The molecule has 0 bridgehead atoms. The van der Waals surface area contributed by atoms with Crippen LogP contribution in [0.1, 0.15) is 16.7 Å². The van der Waals surface area contributed by atoms with Crippen molar-refractivity contribution in [2.45, 2.75) is 24.5 Å².